The van der Waals surface area contributed by atoms with Crippen LogP contribution in [0.5, 0.6) is 5.75 Å². The van der Waals surface area contributed by atoms with E-state index in [4.69, 9.17) is 16.2 Å². The van der Waals surface area contributed by atoms with Crippen molar-refractivity contribution < 1.29 is 9.53 Å². The number of amides is 1. The lowest BCUT2D eigenvalue weighted by atomic mass is 9.98. The number of nitriles is 1. The molecule has 8 nitrogen and oxygen atoms in total. The van der Waals surface area contributed by atoms with Gasteiger partial charge in [0.25, 0.3) is 5.91 Å². The van der Waals surface area contributed by atoms with Crippen molar-refractivity contribution in [2.75, 3.05) is 12.3 Å². The second kappa shape index (κ2) is 7.17. The fraction of sp³-hybridized carbons (Fsp3) is 0.158. The molecule has 1 aromatic carbocycles. The van der Waals surface area contributed by atoms with Crippen molar-refractivity contribution in [3.63, 3.8) is 0 Å². The van der Waals surface area contributed by atoms with Crippen LogP contribution in [-0.4, -0.2) is 27.7 Å². The molecule has 0 radical (unpaired) electrons. The van der Waals surface area contributed by atoms with Gasteiger partial charge in [0.2, 0.25) is 0 Å². The van der Waals surface area contributed by atoms with Crippen LogP contribution in [0.4, 0.5) is 5.82 Å². The Bertz CT molecular complexity index is 1030. The summed E-state index contributed by atoms with van der Waals surface area (Å²) in [5.74, 6) is 0.0992. The number of rotatable bonds is 5. The number of hydrogen-bond donors (Lipinski definition) is 3. The van der Waals surface area contributed by atoms with Crippen molar-refractivity contribution in [1.82, 2.24) is 15.2 Å². The molecule has 2 heterocycles. The molecule has 0 fully saturated rings. The number of aromatic nitrogens is 3. The van der Waals surface area contributed by atoms with Crippen molar-refractivity contribution in [2.24, 2.45) is 5.73 Å². The standard InChI is InChI=1S/C19H18N6O2/c1-10-18(11(2)25-24-10)16-7-14(15(8-20)19(22)23-16)12-3-5-13(6-4-12)27-9-17(21)26/h3-7H,9H2,1-2H3,(H2,21,26)(H2,22,23)(H,24,25). The van der Waals surface area contributed by atoms with Gasteiger partial charge in [-0.2, -0.15) is 10.4 Å². The number of nitrogen functional groups attached to an aromatic ring is 1. The van der Waals surface area contributed by atoms with Gasteiger partial charge in [-0.1, -0.05) is 12.1 Å². The molecule has 0 atom stereocenters. The van der Waals surface area contributed by atoms with Crippen LogP contribution in [-0.2, 0) is 4.79 Å². The molecule has 5 N–H and O–H groups in total. The van der Waals surface area contributed by atoms with Gasteiger partial charge < -0.3 is 16.2 Å². The van der Waals surface area contributed by atoms with Crippen molar-refractivity contribution in [2.45, 2.75) is 13.8 Å². The topological polar surface area (TPSA) is 144 Å². The van der Waals surface area contributed by atoms with Crippen LogP contribution in [0.2, 0.25) is 0 Å². The van der Waals surface area contributed by atoms with Crippen LogP contribution in [0.1, 0.15) is 17.0 Å². The highest BCUT2D eigenvalue weighted by Gasteiger charge is 2.17. The Kier molecular flexibility index (Phi) is 4.77. The molecule has 0 aliphatic rings. The Morgan fingerprint density at radius 1 is 1.30 bits per heavy atom. The first-order chi connectivity index (χ1) is 12.9. The van der Waals surface area contributed by atoms with Gasteiger partial charge in [-0.3, -0.25) is 9.89 Å². The Morgan fingerprint density at radius 2 is 2.00 bits per heavy atom. The summed E-state index contributed by atoms with van der Waals surface area (Å²) >= 11 is 0. The van der Waals surface area contributed by atoms with Gasteiger partial charge in [-0.15, -0.1) is 0 Å². The third-order valence-corrected chi connectivity index (χ3v) is 4.09. The van der Waals surface area contributed by atoms with E-state index < -0.39 is 5.91 Å². The van der Waals surface area contributed by atoms with Crippen molar-refractivity contribution in [1.29, 1.82) is 5.26 Å². The number of ether oxygens (including phenoxy) is 1. The predicted octanol–water partition coefficient (Wildman–Crippen LogP) is 2.07. The van der Waals surface area contributed by atoms with Gasteiger partial charge in [-0.05, 0) is 37.6 Å². The second-order valence-electron chi connectivity index (χ2n) is 6.02. The molecule has 8 heteroatoms. The fourth-order valence-corrected chi connectivity index (χ4v) is 2.85. The highest BCUT2D eigenvalue weighted by atomic mass is 16.5. The zero-order valence-corrected chi connectivity index (χ0v) is 14.9. The molecule has 0 aliphatic heterocycles. The molecule has 1 amide bonds. The number of aryl methyl sites for hydroxylation is 2. The highest BCUT2D eigenvalue weighted by molar-refractivity contribution is 5.81. The minimum atomic E-state index is -0.553. The molecule has 3 aromatic rings. The van der Waals surface area contributed by atoms with Crippen molar-refractivity contribution >= 4 is 11.7 Å². The number of benzene rings is 1. The van der Waals surface area contributed by atoms with Gasteiger partial charge in [0.15, 0.2) is 6.61 Å². The average Bonchev–Trinajstić information content (AvgIpc) is 2.98. The number of primary amides is 1. The van der Waals surface area contributed by atoms with Crippen LogP contribution in [0.25, 0.3) is 22.4 Å². The van der Waals surface area contributed by atoms with Crippen LogP contribution >= 0.6 is 0 Å². The summed E-state index contributed by atoms with van der Waals surface area (Å²) in [5.41, 5.74) is 16.0. The molecular weight excluding hydrogens is 344 g/mol. The first kappa shape index (κ1) is 17.9. The van der Waals surface area contributed by atoms with E-state index in [2.05, 4.69) is 21.3 Å². The smallest absolute Gasteiger partial charge is 0.255 e. The Balaban J connectivity index is 2.07. The molecular formula is C19H18N6O2. The molecule has 0 spiro atoms. The van der Waals surface area contributed by atoms with E-state index in [1.807, 2.05) is 19.9 Å². The average molecular weight is 362 g/mol. The maximum atomic E-state index is 10.8. The van der Waals surface area contributed by atoms with Crippen molar-refractivity contribution in [3.05, 3.63) is 47.3 Å². The van der Waals surface area contributed by atoms with Gasteiger partial charge in [0.05, 0.1) is 11.4 Å². The van der Waals surface area contributed by atoms with E-state index in [1.54, 1.807) is 24.3 Å². The molecule has 0 bridgehead atoms. The number of nitrogens with zero attached hydrogens (tertiary/aromatic N) is 3. The summed E-state index contributed by atoms with van der Waals surface area (Å²) in [4.78, 5) is 15.2. The number of anilines is 1. The number of nitrogens with one attached hydrogen (secondary N) is 1. The highest BCUT2D eigenvalue weighted by Crippen LogP contribution is 2.33. The Hall–Kier alpha value is -3.86. The minimum Gasteiger partial charge on any atom is -0.484 e. The summed E-state index contributed by atoms with van der Waals surface area (Å²) < 4.78 is 5.26. The van der Waals surface area contributed by atoms with Crippen LogP contribution in [0, 0.1) is 25.2 Å². The Labute approximate surface area is 155 Å². The molecule has 0 aliphatic carbocycles. The number of nitrogens with two attached hydrogens (primary N) is 2. The first-order valence-corrected chi connectivity index (χ1v) is 8.14. The predicted molar refractivity (Wildman–Crippen MR) is 101 cm³/mol. The normalized spacial score (nSPS) is 10.4. The molecule has 27 heavy (non-hydrogen) atoms. The van der Waals surface area contributed by atoms with Gasteiger partial charge in [-0.25, -0.2) is 4.98 Å². The fourth-order valence-electron chi connectivity index (χ4n) is 2.85. The van der Waals surface area contributed by atoms with E-state index in [-0.39, 0.29) is 12.4 Å². The van der Waals surface area contributed by atoms with Gasteiger partial charge >= 0.3 is 0 Å². The SMILES string of the molecule is Cc1n[nH]c(C)c1-c1cc(-c2ccc(OCC(N)=O)cc2)c(C#N)c(N)n1. The summed E-state index contributed by atoms with van der Waals surface area (Å²) in [6, 6.07) is 10.9. The third kappa shape index (κ3) is 3.57. The summed E-state index contributed by atoms with van der Waals surface area (Å²) in [7, 11) is 0. The van der Waals surface area contributed by atoms with Crippen LogP contribution in [0.15, 0.2) is 30.3 Å². The lowest BCUT2D eigenvalue weighted by molar-refractivity contribution is -0.119. The molecule has 0 saturated carbocycles. The number of hydrogen-bond acceptors (Lipinski definition) is 6. The zero-order valence-electron chi connectivity index (χ0n) is 14.9. The maximum absolute atomic E-state index is 10.8. The van der Waals surface area contributed by atoms with E-state index in [0.717, 1.165) is 22.5 Å². The number of carbonyl (C=O) groups excluding carboxylic acids is 1. The Morgan fingerprint density at radius 3 is 2.56 bits per heavy atom. The van der Waals surface area contributed by atoms with Crippen molar-refractivity contribution in [3.8, 4) is 34.2 Å². The molecule has 0 saturated heterocycles. The molecule has 2 aromatic heterocycles. The number of pyridine rings is 1. The quantitative estimate of drug-likeness (QED) is 0.634. The monoisotopic (exact) mass is 362 g/mol. The maximum Gasteiger partial charge on any atom is 0.255 e. The summed E-state index contributed by atoms with van der Waals surface area (Å²) in [5, 5.41) is 16.6. The van der Waals surface area contributed by atoms with Gasteiger partial charge in [0, 0.05) is 16.8 Å². The lowest BCUT2D eigenvalue weighted by Crippen LogP contribution is -2.19. The summed E-state index contributed by atoms with van der Waals surface area (Å²) in [6.45, 7) is 3.57. The minimum absolute atomic E-state index is 0.152. The molecule has 3 rings (SSSR count). The van der Waals surface area contributed by atoms with E-state index in [1.165, 1.54) is 0 Å². The third-order valence-electron chi connectivity index (χ3n) is 4.09. The van der Waals surface area contributed by atoms with E-state index in [9.17, 15) is 10.1 Å². The lowest BCUT2D eigenvalue weighted by Gasteiger charge is -2.11. The van der Waals surface area contributed by atoms with E-state index in [0.29, 0.717) is 22.6 Å². The zero-order chi connectivity index (χ0) is 19.6. The number of aromatic amines is 1. The second-order valence-corrected chi connectivity index (χ2v) is 6.02. The number of H-pyrrole nitrogens is 1. The molecule has 0 unspecified atom stereocenters. The van der Waals surface area contributed by atoms with Crippen LogP contribution < -0.4 is 16.2 Å². The summed E-state index contributed by atoms with van der Waals surface area (Å²) in [6.07, 6.45) is 0. The van der Waals surface area contributed by atoms with E-state index >= 15 is 0 Å². The first-order valence-electron chi connectivity index (χ1n) is 8.14. The van der Waals surface area contributed by atoms with Crippen LogP contribution in [0.3, 0.4) is 0 Å². The van der Waals surface area contributed by atoms with Gasteiger partial charge in [0.1, 0.15) is 23.2 Å². The number of carbonyl (C=O) groups is 1. The largest absolute Gasteiger partial charge is 0.484 e. The molecule has 136 valence electrons.